The normalized spacial score (nSPS) is 11.1. The Kier molecular flexibility index (Phi) is 2.48. The summed E-state index contributed by atoms with van der Waals surface area (Å²) in [5.74, 6) is -1.28. The number of nitrogens with two attached hydrogens (primary N) is 1. The van der Waals surface area contributed by atoms with Crippen LogP contribution in [0.1, 0.15) is 5.56 Å². The van der Waals surface area contributed by atoms with Crippen LogP contribution in [-0.4, -0.2) is 9.78 Å². The van der Waals surface area contributed by atoms with Crippen LogP contribution in [0.3, 0.4) is 0 Å². The minimum absolute atomic E-state index is 0.196. The number of benzene rings is 2. The molecule has 0 aliphatic heterocycles. The van der Waals surface area contributed by atoms with Crippen molar-refractivity contribution >= 4 is 16.6 Å². The fraction of sp³-hybridized carbons (Fsp3) is 0.0714. The minimum atomic E-state index is -0.662. The summed E-state index contributed by atoms with van der Waals surface area (Å²) in [5, 5.41) is 4.88. The Hall–Kier alpha value is -2.43. The van der Waals surface area contributed by atoms with E-state index in [1.807, 2.05) is 19.1 Å². The van der Waals surface area contributed by atoms with Crippen molar-refractivity contribution in [1.82, 2.24) is 9.78 Å². The Morgan fingerprint density at radius 3 is 2.68 bits per heavy atom. The van der Waals surface area contributed by atoms with Crippen LogP contribution >= 0.6 is 0 Å². The van der Waals surface area contributed by atoms with E-state index in [0.29, 0.717) is 11.2 Å². The van der Waals surface area contributed by atoms with Gasteiger partial charge in [-0.2, -0.15) is 5.10 Å². The van der Waals surface area contributed by atoms with Crippen LogP contribution in [-0.2, 0) is 0 Å². The van der Waals surface area contributed by atoms with E-state index >= 15 is 0 Å². The molecule has 0 aliphatic carbocycles. The summed E-state index contributed by atoms with van der Waals surface area (Å²) >= 11 is 0. The zero-order valence-corrected chi connectivity index (χ0v) is 10.2. The molecular formula is C14H11F2N3. The highest BCUT2D eigenvalue weighted by Crippen LogP contribution is 2.26. The maximum atomic E-state index is 13.8. The SMILES string of the molecule is Cc1cc(N)c2cnn(-c3ccc(F)cc3F)c2c1. The predicted molar refractivity (Wildman–Crippen MR) is 70.1 cm³/mol. The van der Waals surface area contributed by atoms with Crippen molar-refractivity contribution in [3.8, 4) is 5.69 Å². The number of aromatic nitrogens is 2. The van der Waals surface area contributed by atoms with Crippen LogP contribution in [0.2, 0.25) is 0 Å². The van der Waals surface area contributed by atoms with Gasteiger partial charge in [-0.25, -0.2) is 13.5 Å². The molecule has 0 bridgehead atoms. The van der Waals surface area contributed by atoms with Crippen LogP contribution in [0.5, 0.6) is 0 Å². The Labute approximate surface area is 108 Å². The Morgan fingerprint density at radius 1 is 1.16 bits per heavy atom. The van der Waals surface area contributed by atoms with E-state index in [-0.39, 0.29) is 5.69 Å². The number of anilines is 1. The van der Waals surface area contributed by atoms with Gasteiger partial charge in [0, 0.05) is 17.1 Å². The molecule has 0 spiro atoms. The summed E-state index contributed by atoms with van der Waals surface area (Å²) < 4.78 is 28.2. The molecule has 2 aromatic carbocycles. The van der Waals surface area contributed by atoms with E-state index in [0.717, 1.165) is 17.0 Å². The average Bonchev–Trinajstić information content (AvgIpc) is 2.73. The standard InChI is InChI=1S/C14H11F2N3/c1-8-4-12(17)10-7-18-19(14(10)5-8)13-3-2-9(15)6-11(13)16/h2-7H,17H2,1H3. The fourth-order valence-corrected chi connectivity index (χ4v) is 2.14. The first-order chi connectivity index (χ1) is 9.06. The van der Waals surface area contributed by atoms with Crippen LogP contribution in [0.25, 0.3) is 16.6 Å². The first-order valence-corrected chi connectivity index (χ1v) is 5.75. The third kappa shape index (κ3) is 1.83. The van der Waals surface area contributed by atoms with E-state index in [9.17, 15) is 8.78 Å². The highest BCUT2D eigenvalue weighted by molar-refractivity contribution is 5.91. The second-order valence-electron chi connectivity index (χ2n) is 4.44. The van der Waals surface area contributed by atoms with E-state index in [2.05, 4.69) is 5.10 Å². The molecule has 0 saturated heterocycles. The van der Waals surface area contributed by atoms with Gasteiger partial charge in [0.05, 0.1) is 11.7 Å². The maximum absolute atomic E-state index is 13.8. The number of rotatable bonds is 1. The lowest BCUT2D eigenvalue weighted by Crippen LogP contribution is -2.00. The van der Waals surface area contributed by atoms with Crippen LogP contribution in [0, 0.1) is 18.6 Å². The van der Waals surface area contributed by atoms with Crippen LogP contribution < -0.4 is 5.73 Å². The molecular weight excluding hydrogens is 248 g/mol. The maximum Gasteiger partial charge on any atom is 0.151 e. The zero-order chi connectivity index (χ0) is 13.6. The van der Waals surface area contributed by atoms with Crippen molar-refractivity contribution < 1.29 is 8.78 Å². The minimum Gasteiger partial charge on any atom is -0.398 e. The lowest BCUT2D eigenvalue weighted by molar-refractivity contribution is 0.575. The van der Waals surface area contributed by atoms with Crippen molar-refractivity contribution in [2.75, 3.05) is 5.73 Å². The second-order valence-corrected chi connectivity index (χ2v) is 4.44. The molecule has 96 valence electrons. The molecule has 0 atom stereocenters. The number of aryl methyl sites for hydroxylation is 1. The quantitative estimate of drug-likeness (QED) is 0.682. The molecule has 1 heterocycles. The Balaban J connectivity index is 2.31. The number of hydrogen-bond donors (Lipinski definition) is 1. The van der Waals surface area contributed by atoms with Gasteiger partial charge in [-0.3, -0.25) is 0 Å². The topological polar surface area (TPSA) is 43.8 Å². The molecule has 2 N–H and O–H groups in total. The average molecular weight is 259 g/mol. The molecule has 0 unspecified atom stereocenters. The van der Waals surface area contributed by atoms with Crippen molar-refractivity contribution in [2.24, 2.45) is 0 Å². The van der Waals surface area contributed by atoms with Gasteiger partial charge in [0.25, 0.3) is 0 Å². The molecule has 0 aliphatic rings. The highest BCUT2D eigenvalue weighted by Gasteiger charge is 2.12. The highest BCUT2D eigenvalue weighted by atomic mass is 19.1. The summed E-state index contributed by atoms with van der Waals surface area (Å²) in [4.78, 5) is 0. The van der Waals surface area contributed by atoms with Crippen molar-refractivity contribution in [3.63, 3.8) is 0 Å². The molecule has 0 saturated carbocycles. The van der Waals surface area contributed by atoms with E-state index in [4.69, 9.17) is 5.73 Å². The zero-order valence-electron chi connectivity index (χ0n) is 10.2. The van der Waals surface area contributed by atoms with Gasteiger partial charge in [0.15, 0.2) is 5.82 Å². The summed E-state index contributed by atoms with van der Waals surface area (Å²) in [7, 11) is 0. The molecule has 0 fully saturated rings. The van der Waals surface area contributed by atoms with Crippen LogP contribution in [0.15, 0.2) is 36.5 Å². The van der Waals surface area contributed by atoms with Gasteiger partial charge >= 0.3 is 0 Å². The lowest BCUT2D eigenvalue weighted by atomic mass is 10.1. The fourth-order valence-electron chi connectivity index (χ4n) is 2.14. The molecule has 3 aromatic rings. The summed E-state index contributed by atoms with van der Waals surface area (Å²) in [6.07, 6.45) is 1.58. The summed E-state index contributed by atoms with van der Waals surface area (Å²) in [5.41, 5.74) is 8.34. The van der Waals surface area contributed by atoms with E-state index < -0.39 is 11.6 Å². The van der Waals surface area contributed by atoms with Crippen LogP contribution in [0.4, 0.5) is 14.5 Å². The van der Waals surface area contributed by atoms with Crippen molar-refractivity contribution in [3.05, 3.63) is 53.7 Å². The number of halogens is 2. The molecule has 1 aromatic heterocycles. The molecule has 3 nitrogen and oxygen atoms in total. The van der Waals surface area contributed by atoms with Crippen molar-refractivity contribution in [1.29, 1.82) is 0 Å². The number of fused-ring (bicyclic) bond motifs is 1. The number of nitrogens with zero attached hydrogens (tertiary/aromatic N) is 2. The Morgan fingerprint density at radius 2 is 1.95 bits per heavy atom. The van der Waals surface area contributed by atoms with Crippen molar-refractivity contribution in [2.45, 2.75) is 6.92 Å². The van der Waals surface area contributed by atoms with Gasteiger partial charge in [-0.1, -0.05) is 0 Å². The second kappa shape index (κ2) is 4.05. The summed E-state index contributed by atoms with van der Waals surface area (Å²) in [6, 6.07) is 7.08. The van der Waals surface area contributed by atoms with Gasteiger partial charge in [0.1, 0.15) is 11.5 Å². The smallest absolute Gasteiger partial charge is 0.151 e. The van der Waals surface area contributed by atoms with Gasteiger partial charge < -0.3 is 5.73 Å². The molecule has 3 rings (SSSR count). The third-order valence-corrected chi connectivity index (χ3v) is 3.00. The summed E-state index contributed by atoms with van der Waals surface area (Å²) in [6.45, 7) is 1.90. The number of hydrogen-bond acceptors (Lipinski definition) is 2. The predicted octanol–water partition coefficient (Wildman–Crippen LogP) is 3.19. The molecule has 5 heteroatoms. The molecule has 0 radical (unpaired) electrons. The molecule has 19 heavy (non-hydrogen) atoms. The largest absolute Gasteiger partial charge is 0.398 e. The Bertz CT molecular complexity index is 778. The first kappa shape index (κ1) is 11.6. The number of nitrogen functional groups attached to an aromatic ring is 1. The van der Waals surface area contributed by atoms with Gasteiger partial charge in [-0.05, 0) is 36.8 Å². The van der Waals surface area contributed by atoms with E-state index in [1.165, 1.54) is 16.8 Å². The monoisotopic (exact) mass is 259 g/mol. The molecule has 0 amide bonds. The van der Waals surface area contributed by atoms with E-state index in [1.54, 1.807) is 6.20 Å². The lowest BCUT2D eigenvalue weighted by Gasteiger charge is -2.06. The first-order valence-electron chi connectivity index (χ1n) is 5.75. The van der Waals surface area contributed by atoms with Gasteiger partial charge in [-0.15, -0.1) is 0 Å². The van der Waals surface area contributed by atoms with Gasteiger partial charge in [0.2, 0.25) is 0 Å². The third-order valence-electron chi connectivity index (χ3n) is 3.00.